The van der Waals surface area contributed by atoms with Crippen LogP contribution < -0.4 is 21.6 Å². The molecule has 0 radical (unpaired) electrons. The van der Waals surface area contributed by atoms with Crippen LogP contribution in [0.1, 0.15) is 5.56 Å². The molecule has 0 saturated heterocycles. The highest BCUT2D eigenvalue weighted by atomic mass is 19.4. The van der Waals surface area contributed by atoms with E-state index in [0.29, 0.717) is 16.9 Å². The summed E-state index contributed by atoms with van der Waals surface area (Å²) in [5.74, 6) is 5.27. The number of hydrazone groups is 1. The number of aliphatic hydroxyl groups is 1. The SMILES string of the molecule is N/C(=N\N(N)CCO)c1cnccc1Nc1ccc(OC(F)(F)F)cc1. The quantitative estimate of drug-likeness (QED) is 0.252. The lowest BCUT2D eigenvalue weighted by Crippen LogP contribution is -2.32. The van der Waals surface area contributed by atoms with Gasteiger partial charge in [-0.1, -0.05) is 0 Å². The van der Waals surface area contributed by atoms with E-state index in [9.17, 15) is 13.2 Å². The molecule has 6 N–H and O–H groups in total. The van der Waals surface area contributed by atoms with Crippen LogP contribution in [0.2, 0.25) is 0 Å². The number of benzene rings is 1. The summed E-state index contributed by atoms with van der Waals surface area (Å²) in [4.78, 5) is 3.96. The highest BCUT2D eigenvalue weighted by molar-refractivity contribution is 6.02. The molecule has 0 amide bonds. The molecular weight excluding hydrogens is 353 g/mol. The Morgan fingerprint density at radius 1 is 1.27 bits per heavy atom. The average Bonchev–Trinajstić information content (AvgIpc) is 2.56. The summed E-state index contributed by atoms with van der Waals surface area (Å²) >= 11 is 0. The largest absolute Gasteiger partial charge is 0.573 e. The minimum Gasteiger partial charge on any atom is -0.406 e. The van der Waals surface area contributed by atoms with Crippen molar-refractivity contribution in [2.75, 3.05) is 18.5 Å². The molecule has 26 heavy (non-hydrogen) atoms. The third kappa shape index (κ3) is 5.79. The lowest BCUT2D eigenvalue weighted by Gasteiger charge is -2.15. The second-order valence-corrected chi connectivity index (χ2v) is 4.99. The number of hydrogen-bond acceptors (Lipinski definition) is 7. The van der Waals surface area contributed by atoms with Gasteiger partial charge in [-0.05, 0) is 30.3 Å². The molecule has 140 valence electrons. The first kappa shape index (κ1) is 19.3. The Bertz CT molecular complexity index is 752. The fourth-order valence-corrected chi connectivity index (χ4v) is 1.95. The molecule has 2 aromatic rings. The van der Waals surface area contributed by atoms with Gasteiger partial charge in [0, 0.05) is 18.1 Å². The number of amidine groups is 1. The molecule has 1 heterocycles. The van der Waals surface area contributed by atoms with Crippen molar-refractivity contribution in [1.29, 1.82) is 0 Å². The molecule has 0 unspecified atom stereocenters. The van der Waals surface area contributed by atoms with Crippen molar-refractivity contribution in [3.05, 3.63) is 48.3 Å². The molecule has 0 bridgehead atoms. The lowest BCUT2D eigenvalue weighted by atomic mass is 10.2. The van der Waals surface area contributed by atoms with Crippen molar-refractivity contribution in [2.45, 2.75) is 6.36 Å². The Hall–Kier alpha value is -3.05. The summed E-state index contributed by atoms with van der Waals surface area (Å²) in [6, 6.07) is 6.80. The van der Waals surface area contributed by atoms with Gasteiger partial charge in [-0.25, -0.2) is 11.0 Å². The molecule has 2 rings (SSSR count). The smallest absolute Gasteiger partial charge is 0.406 e. The zero-order valence-corrected chi connectivity index (χ0v) is 13.4. The van der Waals surface area contributed by atoms with E-state index in [1.807, 2.05) is 0 Å². The van der Waals surface area contributed by atoms with Crippen molar-refractivity contribution < 1.29 is 23.0 Å². The number of halogens is 3. The number of nitrogens with zero attached hydrogens (tertiary/aromatic N) is 3. The fraction of sp³-hybridized carbons (Fsp3) is 0.200. The predicted octanol–water partition coefficient (Wildman–Crippen LogP) is 1.51. The molecule has 0 aliphatic carbocycles. The molecule has 0 aliphatic heterocycles. The van der Waals surface area contributed by atoms with E-state index in [1.165, 1.54) is 36.7 Å². The lowest BCUT2D eigenvalue weighted by molar-refractivity contribution is -0.274. The van der Waals surface area contributed by atoms with Crippen LogP contribution >= 0.6 is 0 Å². The van der Waals surface area contributed by atoms with Gasteiger partial charge >= 0.3 is 6.36 Å². The van der Waals surface area contributed by atoms with Crippen molar-refractivity contribution >= 4 is 17.2 Å². The average molecular weight is 370 g/mol. The number of rotatable bonds is 7. The summed E-state index contributed by atoms with van der Waals surface area (Å²) in [6.07, 6.45) is -1.79. The molecule has 0 fully saturated rings. The van der Waals surface area contributed by atoms with Crippen LogP contribution in [0.15, 0.2) is 47.8 Å². The molecule has 0 spiro atoms. The summed E-state index contributed by atoms with van der Waals surface area (Å²) in [7, 11) is 0. The molecule has 0 atom stereocenters. The van der Waals surface area contributed by atoms with Crippen LogP contribution in [0, 0.1) is 0 Å². The minimum atomic E-state index is -4.75. The Labute approximate surface area is 146 Å². The summed E-state index contributed by atoms with van der Waals surface area (Å²) < 4.78 is 40.4. The van der Waals surface area contributed by atoms with Crippen molar-refractivity contribution in [3.63, 3.8) is 0 Å². The maximum Gasteiger partial charge on any atom is 0.573 e. The van der Waals surface area contributed by atoms with Gasteiger partial charge in [0.15, 0.2) is 5.84 Å². The Morgan fingerprint density at radius 3 is 2.58 bits per heavy atom. The van der Waals surface area contributed by atoms with E-state index < -0.39 is 6.36 Å². The van der Waals surface area contributed by atoms with Gasteiger partial charge in [-0.15, -0.1) is 18.3 Å². The number of nitrogens with two attached hydrogens (primary N) is 2. The first-order valence-electron chi connectivity index (χ1n) is 7.33. The number of aromatic nitrogens is 1. The number of pyridine rings is 1. The molecule has 1 aromatic carbocycles. The number of hydrogen-bond donors (Lipinski definition) is 4. The Balaban J connectivity index is 2.17. The number of hydrazine groups is 1. The van der Waals surface area contributed by atoms with Gasteiger partial charge in [-0.3, -0.25) is 4.98 Å². The van der Waals surface area contributed by atoms with Gasteiger partial charge in [0.05, 0.1) is 24.4 Å². The van der Waals surface area contributed by atoms with E-state index in [4.69, 9.17) is 16.7 Å². The highest BCUT2D eigenvalue weighted by Gasteiger charge is 2.30. The summed E-state index contributed by atoms with van der Waals surface area (Å²) in [6.45, 7) is -0.109. The summed E-state index contributed by atoms with van der Waals surface area (Å²) in [5.41, 5.74) is 7.34. The third-order valence-electron chi connectivity index (χ3n) is 3.03. The van der Waals surface area contributed by atoms with Crippen LogP contribution in [0.5, 0.6) is 5.75 Å². The van der Waals surface area contributed by atoms with Crippen LogP contribution in [0.3, 0.4) is 0 Å². The molecule has 11 heteroatoms. The fourth-order valence-electron chi connectivity index (χ4n) is 1.95. The van der Waals surface area contributed by atoms with E-state index >= 15 is 0 Å². The van der Waals surface area contributed by atoms with Crippen LogP contribution in [0.4, 0.5) is 24.5 Å². The number of anilines is 2. The first-order valence-corrected chi connectivity index (χ1v) is 7.33. The standard InChI is InChI=1S/C15H17F3N6O2/c16-15(17,18)26-11-3-1-10(2-4-11)22-13-5-6-21-9-12(13)14(19)23-24(20)7-8-25/h1-6,9,25H,7-8,20H2,(H2,19,23)(H,21,22). The third-order valence-corrected chi connectivity index (χ3v) is 3.03. The van der Waals surface area contributed by atoms with Gasteiger partial charge in [0.1, 0.15) is 5.75 Å². The molecular formula is C15H17F3N6O2. The first-order chi connectivity index (χ1) is 12.3. The zero-order valence-electron chi connectivity index (χ0n) is 13.4. The maximum atomic E-state index is 12.2. The molecule has 0 saturated carbocycles. The predicted molar refractivity (Wildman–Crippen MR) is 89.3 cm³/mol. The molecule has 8 nitrogen and oxygen atoms in total. The second kappa shape index (κ2) is 8.36. The number of ether oxygens (including phenoxy) is 1. The topological polar surface area (TPSA) is 122 Å². The van der Waals surface area contributed by atoms with Crippen molar-refractivity contribution in [1.82, 2.24) is 10.1 Å². The highest BCUT2D eigenvalue weighted by Crippen LogP contribution is 2.26. The Kier molecular flexibility index (Phi) is 6.20. The van der Waals surface area contributed by atoms with E-state index in [2.05, 4.69) is 20.1 Å². The molecule has 1 aromatic heterocycles. The zero-order chi connectivity index (χ0) is 19.2. The van der Waals surface area contributed by atoms with Gasteiger partial charge in [0.25, 0.3) is 0 Å². The van der Waals surface area contributed by atoms with Gasteiger partial charge in [-0.2, -0.15) is 0 Å². The minimum absolute atomic E-state index is 0.0496. The van der Waals surface area contributed by atoms with Crippen molar-refractivity contribution in [3.8, 4) is 5.75 Å². The van der Waals surface area contributed by atoms with Gasteiger partial charge < -0.3 is 20.9 Å². The molecule has 0 aliphatic rings. The van der Waals surface area contributed by atoms with E-state index in [1.54, 1.807) is 6.07 Å². The summed E-state index contributed by atoms with van der Waals surface area (Å²) in [5, 5.41) is 16.7. The number of alkyl halides is 3. The number of aliphatic hydroxyl groups excluding tert-OH is 1. The maximum absolute atomic E-state index is 12.2. The van der Waals surface area contributed by atoms with E-state index in [0.717, 1.165) is 5.12 Å². The van der Waals surface area contributed by atoms with Crippen LogP contribution in [-0.4, -0.2) is 40.6 Å². The van der Waals surface area contributed by atoms with Crippen molar-refractivity contribution in [2.24, 2.45) is 16.7 Å². The second-order valence-electron chi connectivity index (χ2n) is 4.99. The monoisotopic (exact) mass is 370 g/mol. The van der Waals surface area contributed by atoms with Crippen LogP contribution in [-0.2, 0) is 0 Å². The number of nitrogens with one attached hydrogen (secondary N) is 1. The normalized spacial score (nSPS) is 12.0. The van der Waals surface area contributed by atoms with Gasteiger partial charge in [0.2, 0.25) is 0 Å². The Morgan fingerprint density at radius 2 is 1.96 bits per heavy atom. The van der Waals surface area contributed by atoms with E-state index in [-0.39, 0.29) is 24.7 Å². The van der Waals surface area contributed by atoms with Crippen LogP contribution in [0.25, 0.3) is 0 Å².